The van der Waals surface area contributed by atoms with Gasteiger partial charge in [-0.15, -0.1) is 0 Å². The van der Waals surface area contributed by atoms with Crippen LogP contribution in [0.4, 0.5) is 0 Å². The fourth-order valence-electron chi connectivity index (χ4n) is 2.63. The third-order valence-corrected chi connectivity index (χ3v) is 3.34. The van der Waals surface area contributed by atoms with Crippen molar-refractivity contribution in [3.63, 3.8) is 0 Å². The quantitative estimate of drug-likeness (QED) is 0.835. The lowest BCUT2D eigenvalue weighted by atomic mass is 9.88. The van der Waals surface area contributed by atoms with Gasteiger partial charge in [0.05, 0.1) is 6.04 Å². The van der Waals surface area contributed by atoms with Crippen molar-refractivity contribution in [3.05, 3.63) is 35.9 Å². The number of carbonyl (C=O) groups excluding carboxylic acids is 1. The molecule has 1 aliphatic heterocycles. The van der Waals surface area contributed by atoms with E-state index in [9.17, 15) is 4.79 Å². The number of hydrogen-bond acceptors (Lipinski definition) is 3. The van der Waals surface area contributed by atoms with Crippen molar-refractivity contribution in [3.8, 4) is 0 Å². The molecule has 0 unspecified atom stereocenters. The van der Waals surface area contributed by atoms with Crippen LogP contribution in [-0.4, -0.2) is 18.1 Å². The molecule has 0 aliphatic carbocycles. The van der Waals surface area contributed by atoms with Crippen LogP contribution >= 0.6 is 0 Å². The second kappa shape index (κ2) is 5.11. The molecule has 0 spiro atoms. The number of hydrogen-bond donors (Lipinski definition) is 1. The van der Waals surface area contributed by atoms with Crippen LogP contribution in [0.15, 0.2) is 30.3 Å². The van der Waals surface area contributed by atoms with Crippen molar-refractivity contribution >= 4 is 5.97 Å². The van der Waals surface area contributed by atoms with Gasteiger partial charge >= 0.3 is 5.97 Å². The highest BCUT2D eigenvalue weighted by atomic mass is 16.5. The Bertz CT molecular complexity index is 416. The standard InChI is InChI=1S/C15H21NO2/c1-11(2)9-15(3)14(17)18-10-13(16-15)12-7-5-4-6-8-12/h4-8,11,13,16H,9-10H2,1-3H3/t13-,15+/m1/s1. The number of nitrogens with one attached hydrogen (secondary N) is 1. The predicted molar refractivity (Wildman–Crippen MR) is 71.1 cm³/mol. The van der Waals surface area contributed by atoms with E-state index in [1.165, 1.54) is 5.56 Å². The zero-order chi connectivity index (χ0) is 13.2. The van der Waals surface area contributed by atoms with E-state index in [4.69, 9.17) is 4.74 Å². The molecule has 98 valence electrons. The van der Waals surface area contributed by atoms with E-state index in [0.29, 0.717) is 12.5 Å². The summed E-state index contributed by atoms with van der Waals surface area (Å²) in [5, 5.41) is 3.45. The van der Waals surface area contributed by atoms with Gasteiger partial charge < -0.3 is 4.74 Å². The lowest BCUT2D eigenvalue weighted by Gasteiger charge is -2.39. The maximum absolute atomic E-state index is 11.9. The Morgan fingerprint density at radius 1 is 1.39 bits per heavy atom. The summed E-state index contributed by atoms with van der Waals surface area (Å²) < 4.78 is 5.36. The molecule has 0 bridgehead atoms. The molecule has 1 fully saturated rings. The lowest BCUT2D eigenvalue weighted by molar-refractivity contribution is -0.159. The number of rotatable bonds is 3. The third kappa shape index (κ3) is 2.72. The second-order valence-electron chi connectivity index (χ2n) is 5.64. The average molecular weight is 247 g/mol. The van der Waals surface area contributed by atoms with E-state index in [0.717, 1.165) is 6.42 Å². The third-order valence-electron chi connectivity index (χ3n) is 3.34. The second-order valence-corrected chi connectivity index (χ2v) is 5.64. The molecule has 1 heterocycles. The number of cyclic esters (lactones) is 1. The minimum absolute atomic E-state index is 0.0904. The number of benzene rings is 1. The number of carbonyl (C=O) groups is 1. The SMILES string of the molecule is CC(C)C[C@]1(C)N[C@@H](c2ccccc2)COC1=O. The molecule has 1 saturated heterocycles. The summed E-state index contributed by atoms with van der Waals surface area (Å²) in [5.74, 6) is 0.313. The Labute approximate surface area is 109 Å². The van der Waals surface area contributed by atoms with Crippen LogP contribution in [-0.2, 0) is 9.53 Å². The van der Waals surface area contributed by atoms with Crippen LogP contribution in [0, 0.1) is 5.92 Å². The number of esters is 1. The first kappa shape index (κ1) is 13.1. The van der Waals surface area contributed by atoms with Gasteiger partial charge in [0.15, 0.2) is 0 Å². The zero-order valence-corrected chi connectivity index (χ0v) is 11.3. The molecule has 0 amide bonds. The molecule has 1 N–H and O–H groups in total. The van der Waals surface area contributed by atoms with Gasteiger partial charge in [0, 0.05) is 0 Å². The summed E-state index contributed by atoms with van der Waals surface area (Å²) in [4.78, 5) is 11.9. The smallest absolute Gasteiger partial charge is 0.326 e. The van der Waals surface area contributed by atoms with Crippen molar-refractivity contribution in [2.45, 2.75) is 38.8 Å². The summed E-state index contributed by atoms with van der Waals surface area (Å²) in [6.45, 7) is 6.58. The monoisotopic (exact) mass is 247 g/mol. The molecule has 0 aromatic heterocycles. The molecule has 3 nitrogen and oxygen atoms in total. The maximum Gasteiger partial charge on any atom is 0.326 e. The van der Waals surface area contributed by atoms with Gasteiger partial charge in [0.2, 0.25) is 0 Å². The fourth-order valence-corrected chi connectivity index (χ4v) is 2.63. The number of morpholine rings is 1. The first-order chi connectivity index (χ1) is 8.51. The molecule has 2 rings (SSSR count). The normalized spacial score (nSPS) is 28.2. The summed E-state index contributed by atoms with van der Waals surface area (Å²) in [6.07, 6.45) is 0.787. The van der Waals surface area contributed by atoms with Crippen LogP contribution in [0.3, 0.4) is 0 Å². The van der Waals surface area contributed by atoms with Crippen LogP contribution in [0.1, 0.15) is 38.8 Å². The van der Waals surface area contributed by atoms with Crippen molar-refractivity contribution in [1.82, 2.24) is 5.32 Å². The minimum Gasteiger partial charge on any atom is -0.462 e. The summed E-state index contributed by atoms with van der Waals surface area (Å²) in [7, 11) is 0. The maximum atomic E-state index is 11.9. The Morgan fingerprint density at radius 2 is 2.06 bits per heavy atom. The van der Waals surface area contributed by atoms with E-state index >= 15 is 0 Å². The molecule has 3 heteroatoms. The minimum atomic E-state index is -0.576. The van der Waals surface area contributed by atoms with Gasteiger partial charge in [-0.25, -0.2) is 0 Å². The Morgan fingerprint density at radius 3 is 2.67 bits per heavy atom. The zero-order valence-electron chi connectivity index (χ0n) is 11.3. The largest absolute Gasteiger partial charge is 0.462 e. The Balaban J connectivity index is 2.16. The van der Waals surface area contributed by atoms with E-state index in [2.05, 4.69) is 31.3 Å². The molecule has 0 radical (unpaired) electrons. The van der Waals surface area contributed by atoms with E-state index in [1.54, 1.807) is 0 Å². The molecular formula is C15H21NO2. The van der Waals surface area contributed by atoms with Gasteiger partial charge in [-0.1, -0.05) is 44.2 Å². The van der Waals surface area contributed by atoms with Crippen molar-refractivity contribution in [2.75, 3.05) is 6.61 Å². The van der Waals surface area contributed by atoms with E-state index in [1.807, 2.05) is 25.1 Å². The Kier molecular flexibility index (Phi) is 3.71. The van der Waals surface area contributed by atoms with E-state index in [-0.39, 0.29) is 12.0 Å². The van der Waals surface area contributed by atoms with Crippen molar-refractivity contribution in [2.24, 2.45) is 5.92 Å². The Hall–Kier alpha value is -1.35. The molecule has 2 atom stereocenters. The van der Waals surface area contributed by atoms with Gasteiger partial charge in [-0.3, -0.25) is 10.1 Å². The highest BCUT2D eigenvalue weighted by Gasteiger charge is 2.41. The molecule has 1 aromatic carbocycles. The first-order valence-corrected chi connectivity index (χ1v) is 6.51. The van der Waals surface area contributed by atoms with Gasteiger partial charge in [-0.2, -0.15) is 0 Å². The lowest BCUT2D eigenvalue weighted by Crippen LogP contribution is -2.57. The van der Waals surface area contributed by atoms with Crippen LogP contribution in [0.5, 0.6) is 0 Å². The van der Waals surface area contributed by atoms with E-state index < -0.39 is 5.54 Å². The molecule has 1 aliphatic rings. The molecule has 18 heavy (non-hydrogen) atoms. The highest BCUT2D eigenvalue weighted by molar-refractivity contribution is 5.81. The van der Waals surface area contributed by atoms with Gasteiger partial charge in [-0.05, 0) is 24.8 Å². The predicted octanol–water partition coefficient (Wildman–Crippen LogP) is 2.68. The van der Waals surface area contributed by atoms with Crippen LogP contribution < -0.4 is 5.32 Å². The summed E-state index contributed by atoms with van der Waals surface area (Å²) in [5.41, 5.74) is 0.590. The van der Waals surface area contributed by atoms with Gasteiger partial charge in [0.1, 0.15) is 12.1 Å². The summed E-state index contributed by atoms with van der Waals surface area (Å²) in [6, 6.07) is 10.2. The molecular weight excluding hydrogens is 226 g/mol. The first-order valence-electron chi connectivity index (χ1n) is 6.51. The highest BCUT2D eigenvalue weighted by Crippen LogP contribution is 2.28. The fraction of sp³-hybridized carbons (Fsp3) is 0.533. The van der Waals surface area contributed by atoms with Gasteiger partial charge in [0.25, 0.3) is 0 Å². The number of ether oxygens (including phenoxy) is 1. The molecule has 1 aromatic rings. The van der Waals surface area contributed by atoms with Crippen LogP contribution in [0.2, 0.25) is 0 Å². The topological polar surface area (TPSA) is 38.3 Å². The average Bonchev–Trinajstić information content (AvgIpc) is 2.33. The van der Waals surface area contributed by atoms with Crippen molar-refractivity contribution in [1.29, 1.82) is 0 Å². The summed E-state index contributed by atoms with van der Waals surface area (Å²) >= 11 is 0. The molecule has 0 saturated carbocycles. The van der Waals surface area contributed by atoms with Crippen LogP contribution in [0.25, 0.3) is 0 Å². The van der Waals surface area contributed by atoms with Crippen molar-refractivity contribution < 1.29 is 9.53 Å².